The number of nitriles is 1. The van der Waals surface area contributed by atoms with Gasteiger partial charge in [0, 0.05) is 19.0 Å². The third-order valence-electron chi connectivity index (χ3n) is 6.19. The first-order chi connectivity index (χ1) is 18.9. The lowest BCUT2D eigenvalue weighted by Gasteiger charge is -2.34. The third kappa shape index (κ3) is 7.81. The maximum atomic E-state index is 14.5. The highest BCUT2D eigenvalue weighted by Gasteiger charge is 2.36. The van der Waals surface area contributed by atoms with E-state index in [1.54, 1.807) is 23.6 Å². The molecule has 0 saturated carbocycles. The predicted octanol–water partition coefficient (Wildman–Crippen LogP) is 4.77. The summed E-state index contributed by atoms with van der Waals surface area (Å²) in [6.07, 6.45) is 2.02. The number of halogens is 2. The number of rotatable bonds is 10. The van der Waals surface area contributed by atoms with Crippen molar-refractivity contribution >= 4 is 40.7 Å². The minimum absolute atomic E-state index is 0.101. The Morgan fingerprint density at radius 2 is 1.75 bits per heavy atom. The number of likely N-dealkylation sites (N-methyl/N-ethyl adjacent to an activating group) is 1. The summed E-state index contributed by atoms with van der Waals surface area (Å²) in [6.45, 7) is 5.17. The van der Waals surface area contributed by atoms with E-state index in [9.17, 15) is 24.0 Å². The van der Waals surface area contributed by atoms with E-state index in [0.29, 0.717) is 4.88 Å². The van der Waals surface area contributed by atoms with Crippen LogP contribution in [-0.4, -0.2) is 46.9 Å². The highest BCUT2D eigenvalue weighted by atomic mass is 35.5. The molecular formula is C29H31ClFN5O3S. The molecule has 0 bridgehead atoms. The van der Waals surface area contributed by atoms with Crippen LogP contribution in [0.4, 0.5) is 4.39 Å². The number of amides is 3. The molecule has 11 heteroatoms. The van der Waals surface area contributed by atoms with Gasteiger partial charge in [0.2, 0.25) is 5.91 Å². The molecule has 0 saturated heterocycles. The molecule has 3 aromatic rings. The van der Waals surface area contributed by atoms with Crippen molar-refractivity contribution in [1.29, 1.82) is 5.26 Å². The molecule has 8 nitrogen and oxygen atoms in total. The van der Waals surface area contributed by atoms with Crippen molar-refractivity contribution in [3.05, 3.63) is 92.9 Å². The number of carbonyl (C=O) groups excluding carboxylic acids is 3. The second-order valence-electron chi connectivity index (χ2n) is 10.2. The Kier molecular flexibility index (Phi) is 10.3. The Morgan fingerprint density at radius 3 is 2.35 bits per heavy atom. The number of hydrazine groups is 1. The molecule has 2 N–H and O–H groups in total. The predicted molar refractivity (Wildman–Crippen MR) is 152 cm³/mol. The molecule has 3 rings (SSSR count). The Morgan fingerprint density at radius 1 is 1.05 bits per heavy atom. The van der Waals surface area contributed by atoms with Gasteiger partial charge < -0.3 is 10.6 Å². The van der Waals surface area contributed by atoms with E-state index in [1.807, 2.05) is 57.3 Å². The first-order valence-electron chi connectivity index (χ1n) is 12.5. The van der Waals surface area contributed by atoms with Crippen LogP contribution >= 0.6 is 22.9 Å². The maximum absolute atomic E-state index is 14.5. The van der Waals surface area contributed by atoms with E-state index in [-0.39, 0.29) is 23.6 Å². The van der Waals surface area contributed by atoms with E-state index in [1.165, 1.54) is 30.5 Å². The fourth-order valence-electron chi connectivity index (χ4n) is 3.98. The van der Waals surface area contributed by atoms with Crippen LogP contribution in [0.2, 0.25) is 5.02 Å². The first-order valence-corrected chi connectivity index (χ1v) is 13.7. The number of thiophene rings is 1. The number of carbonyl (C=O) groups is 3. The Balaban J connectivity index is 1.86. The molecule has 0 radical (unpaired) electrons. The average Bonchev–Trinajstić information content (AvgIpc) is 3.46. The van der Waals surface area contributed by atoms with Gasteiger partial charge in [0.15, 0.2) is 6.19 Å². The number of hydrogen-bond donors (Lipinski definition) is 2. The van der Waals surface area contributed by atoms with E-state index in [2.05, 4.69) is 10.6 Å². The summed E-state index contributed by atoms with van der Waals surface area (Å²) < 4.78 is 14.5. The van der Waals surface area contributed by atoms with Crippen molar-refractivity contribution in [2.24, 2.45) is 5.41 Å². The van der Waals surface area contributed by atoms with Crippen LogP contribution in [-0.2, 0) is 22.6 Å². The highest BCUT2D eigenvalue weighted by Crippen LogP contribution is 2.22. The van der Waals surface area contributed by atoms with Crippen LogP contribution in [0.25, 0.3) is 0 Å². The van der Waals surface area contributed by atoms with Crippen molar-refractivity contribution < 1.29 is 18.8 Å². The molecule has 2 aromatic carbocycles. The van der Waals surface area contributed by atoms with E-state index in [0.717, 1.165) is 15.6 Å². The van der Waals surface area contributed by atoms with Crippen molar-refractivity contribution in [2.45, 2.75) is 45.8 Å². The number of nitrogens with one attached hydrogen (secondary N) is 2. The number of hydrogen-bond acceptors (Lipinski definition) is 6. The van der Waals surface area contributed by atoms with Gasteiger partial charge in [0.05, 0.1) is 16.4 Å². The van der Waals surface area contributed by atoms with E-state index < -0.39 is 41.0 Å². The fraction of sp³-hybridized carbons (Fsp3) is 0.310. The zero-order chi connectivity index (χ0) is 29.4. The van der Waals surface area contributed by atoms with Crippen LogP contribution in [0, 0.1) is 22.7 Å². The van der Waals surface area contributed by atoms with Crippen LogP contribution in [0.3, 0.4) is 0 Å². The lowest BCUT2D eigenvalue weighted by Crippen LogP contribution is -2.59. The molecule has 210 valence electrons. The monoisotopic (exact) mass is 583 g/mol. The van der Waals surface area contributed by atoms with Crippen molar-refractivity contribution in [2.75, 3.05) is 7.05 Å². The largest absolute Gasteiger partial charge is 0.342 e. The second-order valence-corrected chi connectivity index (χ2v) is 11.6. The molecular weight excluding hydrogens is 553 g/mol. The Hall–Kier alpha value is -3.94. The minimum Gasteiger partial charge on any atom is -0.342 e. The van der Waals surface area contributed by atoms with Gasteiger partial charge in [-0.15, -0.1) is 11.3 Å². The standard InChI is InChI=1S/C29H31ClFN5O3S/c1-29(2,3)25(34-26(37)23-14-9-15-40-23)27(38)33-22(16-19-10-6-5-7-11-19)28(39)35(4)36(18-32)17-20-12-8-13-21(30)24(20)31/h5-15,22,25H,16-17H2,1-4H3,(H,33,38)(H,34,37)/t22-,25+/m0/s1. The molecule has 0 unspecified atom stereocenters. The van der Waals surface area contributed by atoms with Crippen LogP contribution in [0.15, 0.2) is 66.0 Å². The zero-order valence-electron chi connectivity index (χ0n) is 22.7. The average molecular weight is 584 g/mol. The zero-order valence-corrected chi connectivity index (χ0v) is 24.2. The molecule has 2 atom stereocenters. The van der Waals surface area contributed by atoms with Gasteiger partial charge in [0.1, 0.15) is 17.9 Å². The molecule has 40 heavy (non-hydrogen) atoms. The summed E-state index contributed by atoms with van der Waals surface area (Å²) in [4.78, 5) is 40.6. The second kappa shape index (κ2) is 13.4. The lowest BCUT2D eigenvalue weighted by molar-refractivity contribution is -0.146. The summed E-state index contributed by atoms with van der Waals surface area (Å²) in [5.41, 5.74) is 0.210. The van der Waals surface area contributed by atoms with E-state index in [4.69, 9.17) is 11.6 Å². The quantitative estimate of drug-likeness (QED) is 0.203. The topological polar surface area (TPSA) is 106 Å². The molecule has 0 aliphatic rings. The normalized spacial score (nSPS) is 12.5. The maximum Gasteiger partial charge on any atom is 0.264 e. The SMILES string of the molecule is CN(C(=O)[C@H](Cc1ccccc1)NC(=O)[C@@H](NC(=O)c1cccs1)C(C)(C)C)N(C#N)Cc1cccc(Cl)c1F. The summed E-state index contributed by atoms with van der Waals surface area (Å²) in [5, 5.41) is 19.1. The van der Waals surface area contributed by atoms with Crippen LogP contribution < -0.4 is 10.6 Å². The number of benzene rings is 2. The Bertz CT molecular complexity index is 1370. The molecule has 1 aromatic heterocycles. The molecule has 0 spiro atoms. The van der Waals surface area contributed by atoms with Gasteiger partial charge >= 0.3 is 0 Å². The highest BCUT2D eigenvalue weighted by molar-refractivity contribution is 7.12. The van der Waals surface area contributed by atoms with Gasteiger partial charge in [0.25, 0.3) is 11.8 Å². The van der Waals surface area contributed by atoms with Gasteiger partial charge in [-0.1, -0.05) is 80.9 Å². The van der Waals surface area contributed by atoms with Crippen molar-refractivity contribution in [3.63, 3.8) is 0 Å². The molecule has 0 aliphatic carbocycles. The lowest BCUT2D eigenvalue weighted by atomic mass is 9.85. The summed E-state index contributed by atoms with van der Waals surface area (Å²) in [5.74, 6) is -2.23. The third-order valence-corrected chi connectivity index (χ3v) is 7.35. The Labute approximate surface area is 242 Å². The van der Waals surface area contributed by atoms with Crippen molar-refractivity contribution in [3.8, 4) is 6.19 Å². The summed E-state index contributed by atoms with van der Waals surface area (Å²) >= 11 is 7.13. The summed E-state index contributed by atoms with van der Waals surface area (Å²) in [7, 11) is 1.37. The van der Waals surface area contributed by atoms with Crippen molar-refractivity contribution in [1.82, 2.24) is 20.7 Å². The molecule has 3 amide bonds. The first kappa shape index (κ1) is 30.6. The molecule has 1 heterocycles. The van der Waals surface area contributed by atoms with Crippen LogP contribution in [0.5, 0.6) is 0 Å². The smallest absolute Gasteiger partial charge is 0.264 e. The summed E-state index contributed by atoms with van der Waals surface area (Å²) in [6, 6.07) is 14.8. The fourth-order valence-corrected chi connectivity index (χ4v) is 4.80. The number of nitrogens with zero attached hydrogens (tertiary/aromatic N) is 3. The van der Waals surface area contributed by atoms with Gasteiger partial charge in [-0.05, 0) is 28.5 Å². The van der Waals surface area contributed by atoms with E-state index >= 15 is 0 Å². The van der Waals surface area contributed by atoms with Gasteiger partial charge in [-0.2, -0.15) is 5.26 Å². The minimum atomic E-state index is -1.09. The molecule has 0 aliphatic heterocycles. The molecule has 0 fully saturated rings. The van der Waals surface area contributed by atoms with Gasteiger partial charge in [-0.25, -0.2) is 14.4 Å². The van der Waals surface area contributed by atoms with Crippen LogP contribution in [0.1, 0.15) is 41.6 Å². The van der Waals surface area contributed by atoms with Gasteiger partial charge in [-0.3, -0.25) is 14.4 Å².